The van der Waals surface area contributed by atoms with Crippen LogP contribution in [0.5, 0.6) is 11.5 Å². The maximum absolute atomic E-state index is 6.26. The van der Waals surface area contributed by atoms with E-state index in [9.17, 15) is 0 Å². The fraction of sp³-hybridized carbons (Fsp3) is 0.250. The second-order valence-corrected chi connectivity index (χ2v) is 8.46. The van der Waals surface area contributed by atoms with E-state index in [0.29, 0.717) is 24.8 Å². The summed E-state index contributed by atoms with van der Waals surface area (Å²) in [7, 11) is 0. The molecule has 0 saturated carbocycles. The SMILES string of the molecule is CCOc1cc(CNc2ccc(C)cc2C)cc(I)c1OCc1ccccc1Cl. The topological polar surface area (TPSA) is 30.5 Å². The summed E-state index contributed by atoms with van der Waals surface area (Å²) < 4.78 is 13.0. The summed E-state index contributed by atoms with van der Waals surface area (Å²) in [5.41, 5.74) is 5.74. The molecule has 29 heavy (non-hydrogen) atoms. The Kier molecular flexibility index (Phi) is 7.67. The van der Waals surface area contributed by atoms with Crippen molar-refractivity contribution in [3.63, 3.8) is 0 Å². The monoisotopic (exact) mass is 521 g/mol. The molecule has 0 fully saturated rings. The van der Waals surface area contributed by atoms with E-state index >= 15 is 0 Å². The van der Waals surface area contributed by atoms with Crippen LogP contribution in [0, 0.1) is 17.4 Å². The van der Waals surface area contributed by atoms with Gasteiger partial charge in [0, 0.05) is 22.8 Å². The van der Waals surface area contributed by atoms with E-state index in [1.165, 1.54) is 11.1 Å². The Balaban J connectivity index is 1.77. The van der Waals surface area contributed by atoms with Crippen LogP contribution in [0.15, 0.2) is 54.6 Å². The summed E-state index contributed by atoms with van der Waals surface area (Å²) in [6.07, 6.45) is 0. The van der Waals surface area contributed by atoms with Gasteiger partial charge in [0.15, 0.2) is 11.5 Å². The molecule has 0 bridgehead atoms. The highest BCUT2D eigenvalue weighted by molar-refractivity contribution is 14.1. The lowest BCUT2D eigenvalue weighted by Gasteiger charge is -2.17. The van der Waals surface area contributed by atoms with Crippen molar-refractivity contribution in [2.24, 2.45) is 0 Å². The number of aryl methyl sites for hydroxylation is 2. The predicted molar refractivity (Wildman–Crippen MR) is 129 cm³/mol. The third-order valence-corrected chi connectivity index (χ3v) is 5.73. The first kappa shape index (κ1) is 21.8. The first-order valence-corrected chi connectivity index (χ1v) is 11.1. The Labute approximate surface area is 191 Å². The quantitative estimate of drug-likeness (QED) is 0.319. The molecule has 3 aromatic carbocycles. The van der Waals surface area contributed by atoms with Crippen molar-refractivity contribution < 1.29 is 9.47 Å². The van der Waals surface area contributed by atoms with E-state index in [0.717, 1.165) is 31.9 Å². The van der Waals surface area contributed by atoms with Crippen molar-refractivity contribution in [1.29, 1.82) is 0 Å². The van der Waals surface area contributed by atoms with Gasteiger partial charge < -0.3 is 14.8 Å². The summed E-state index contributed by atoms with van der Waals surface area (Å²) in [6.45, 7) is 7.89. The largest absolute Gasteiger partial charge is 0.490 e. The Hall–Kier alpha value is -1.92. The van der Waals surface area contributed by atoms with Gasteiger partial charge >= 0.3 is 0 Å². The van der Waals surface area contributed by atoms with Gasteiger partial charge in [0.2, 0.25) is 0 Å². The molecule has 0 heterocycles. The molecule has 0 radical (unpaired) electrons. The summed E-state index contributed by atoms with van der Waals surface area (Å²) in [5, 5.41) is 4.22. The molecule has 0 aliphatic rings. The number of ether oxygens (including phenoxy) is 2. The van der Waals surface area contributed by atoms with Gasteiger partial charge in [-0.1, -0.05) is 47.5 Å². The zero-order chi connectivity index (χ0) is 20.8. The van der Waals surface area contributed by atoms with E-state index in [2.05, 4.69) is 66.0 Å². The van der Waals surface area contributed by atoms with Crippen LogP contribution in [0.25, 0.3) is 0 Å². The molecule has 1 N–H and O–H groups in total. The van der Waals surface area contributed by atoms with E-state index in [1.807, 2.05) is 37.3 Å². The average Bonchev–Trinajstić information content (AvgIpc) is 2.68. The van der Waals surface area contributed by atoms with Crippen molar-refractivity contribution >= 4 is 39.9 Å². The van der Waals surface area contributed by atoms with Gasteiger partial charge in [-0.25, -0.2) is 0 Å². The molecule has 0 aliphatic carbocycles. The van der Waals surface area contributed by atoms with Crippen LogP contribution in [0.4, 0.5) is 5.69 Å². The Bertz CT molecular complexity index is 991. The van der Waals surface area contributed by atoms with E-state index in [-0.39, 0.29) is 0 Å². The van der Waals surface area contributed by atoms with E-state index in [4.69, 9.17) is 21.1 Å². The predicted octanol–water partition coefficient (Wildman–Crippen LogP) is 7.15. The second kappa shape index (κ2) is 10.2. The fourth-order valence-electron chi connectivity index (χ4n) is 3.10. The molecule has 0 unspecified atom stereocenters. The van der Waals surface area contributed by atoms with Crippen molar-refractivity contribution in [3.05, 3.63) is 85.4 Å². The molecule has 0 spiro atoms. The minimum atomic E-state index is 0.399. The number of halogens is 2. The molecular formula is C24H25ClINO2. The van der Waals surface area contributed by atoms with Crippen LogP contribution in [-0.2, 0) is 13.2 Å². The van der Waals surface area contributed by atoms with Crippen molar-refractivity contribution in [2.75, 3.05) is 11.9 Å². The van der Waals surface area contributed by atoms with Crippen LogP contribution in [0.3, 0.4) is 0 Å². The smallest absolute Gasteiger partial charge is 0.174 e. The molecule has 0 aliphatic heterocycles. The number of hydrogen-bond donors (Lipinski definition) is 1. The highest BCUT2D eigenvalue weighted by Gasteiger charge is 2.13. The summed E-state index contributed by atoms with van der Waals surface area (Å²) in [6, 6.07) is 18.3. The van der Waals surface area contributed by atoms with E-state index < -0.39 is 0 Å². The van der Waals surface area contributed by atoms with Crippen LogP contribution < -0.4 is 14.8 Å². The van der Waals surface area contributed by atoms with Crippen molar-refractivity contribution in [3.8, 4) is 11.5 Å². The number of rotatable bonds is 8. The fourth-order valence-corrected chi connectivity index (χ4v) is 4.11. The lowest BCUT2D eigenvalue weighted by Crippen LogP contribution is -2.05. The molecule has 0 amide bonds. The van der Waals surface area contributed by atoms with Gasteiger partial charge in [0.25, 0.3) is 0 Å². The maximum Gasteiger partial charge on any atom is 0.174 e. The highest BCUT2D eigenvalue weighted by Crippen LogP contribution is 2.35. The zero-order valence-electron chi connectivity index (χ0n) is 16.9. The van der Waals surface area contributed by atoms with Gasteiger partial charge in [-0.15, -0.1) is 0 Å². The lowest BCUT2D eigenvalue weighted by molar-refractivity contribution is 0.267. The Morgan fingerprint density at radius 3 is 2.52 bits per heavy atom. The van der Waals surface area contributed by atoms with Crippen LogP contribution >= 0.6 is 34.2 Å². The summed E-state index contributed by atoms with van der Waals surface area (Å²) in [5.74, 6) is 1.51. The van der Waals surface area contributed by atoms with Crippen molar-refractivity contribution in [2.45, 2.75) is 33.9 Å². The number of benzene rings is 3. The molecule has 0 saturated heterocycles. The standard InChI is InChI=1S/C24H25ClINO2/c1-4-28-23-13-18(14-27-22-10-9-16(2)11-17(22)3)12-21(26)24(23)29-15-19-7-5-6-8-20(19)25/h5-13,27H,4,14-15H2,1-3H3. The summed E-state index contributed by atoms with van der Waals surface area (Å²) in [4.78, 5) is 0. The molecule has 3 aromatic rings. The highest BCUT2D eigenvalue weighted by atomic mass is 127. The minimum absolute atomic E-state index is 0.399. The first-order chi connectivity index (χ1) is 14.0. The first-order valence-electron chi connectivity index (χ1n) is 9.60. The maximum atomic E-state index is 6.26. The Morgan fingerprint density at radius 2 is 1.79 bits per heavy atom. The zero-order valence-corrected chi connectivity index (χ0v) is 19.8. The molecular weight excluding hydrogens is 497 g/mol. The van der Waals surface area contributed by atoms with Crippen LogP contribution in [0.2, 0.25) is 5.02 Å². The van der Waals surface area contributed by atoms with Crippen LogP contribution in [-0.4, -0.2) is 6.61 Å². The average molecular weight is 522 g/mol. The summed E-state index contributed by atoms with van der Waals surface area (Å²) >= 11 is 8.56. The normalized spacial score (nSPS) is 10.7. The number of anilines is 1. The number of nitrogens with one attached hydrogen (secondary N) is 1. The van der Waals surface area contributed by atoms with Crippen molar-refractivity contribution in [1.82, 2.24) is 0 Å². The molecule has 5 heteroatoms. The number of hydrogen-bond acceptors (Lipinski definition) is 3. The molecule has 0 atom stereocenters. The molecule has 152 valence electrons. The minimum Gasteiger partial charge on any atom is -0.490 e. The molecule has 3 rings (SSSR count). The third kappa shape index (κ3) is 5.80. The lowest BCUT2D eigenvalue weighted by atomic mass is 10.1. The van der Waals surface area contributed by atoms with Gasteiger partial charge in [-0.05, 0) is 78.8 Å². The van der Waals surface area contributed by atoms with E-state index in [1.54, 1.807) is 0 Å². The van der Waals surface area contributed by atoms with Gasteiger partial charge in [-0.3, -0.25) is 0 Å². The van der Waals surface area contributed by atoms with Gasteiger partial charge in [0.1, 0.15) is 6.61 Å². The van der Waals surface area contributed by atoms with Gasteiger partial charge in [0.05, 0.1) is 10.2 Å². The van der Waals surface area contributed by atoms with Crippen LogP contribution in [0.1, 0.15) is 29.2 Å². The third-order valence-electron chi connectivity index (χ3n) is 4.56. The Morgan fingerprint density at radius 1 is 1.00 bits per heavy atom. The second-order valence-electron chi connectivity index (χ2n) is 6.89. The molecule has 3 nitrogen and oxygen atoms in total. The van der Waals surface area contributed by atoms with Gasteiger partial charge in [-0.2, -0.15) is 0 Å². The molecule has 0 aromatic heterocycles.